The molecule has 0 aliphatic carbocycles. The predicted molar refractivity (Wildman–Crippen MR) is 62.4 cm³/mol. The van der Waals surface area contributed by atoms with Crippen molar-refractivity contribution in [3.05, 3.63) is 26.6 Å². The van der Waals surface area contributed by atoms with Crippen molar-refractivity contribution in [2.45, 2.75) is 6.04 Å². The van der Waals surface area contributed by atoms with E-state index >= 15 is 0 Å². The number of methoxy groups -OCH3 is 1. The zero-order valence-electron chi connectivity index (χ0n) is 7.63. The van der Waals surface area contributed by atoms with Crippen LogP contribution in [0.25, 0.3) is 0 Å². The predicted octanol–water partition coefficient (Wildman–Crippen LogP) is 2.21. The van der Waals surface area contributed by atoms with Gasteiger partial charge in [-0.15, -0.1) is 0 Å². The quantitative estimate of drug-likeness (QED) is 0.896. The Morgan fingerprint density at radius 3 is 2.57 bits per heavy atom. The van der Waals surface area contributed by atoms with Gasteiger partial charge >= 0.3 is 0 Å². The second-order valence-electron chi connectivity index (χ2n) is 2.80. The van der Waals surface area contributed by atoms with E-state index in [1.54, 1.807) is 13.2 Å². The third kappa shape index (κ3) is 2.48. The van der Waals surface area contributed by atoms with Crippen molar-refractivity contribution in [3.63, 3.8) is 0 Å². The molecule has 3 nitrogen and oxygen atoms in total. The zero-order valence-corrected chi connectivity index (χ0v) is 10.8. The molecule has 14 heavy (non-hydrogen) atoms. The highest BCUT2D eigenvalue weighted by atomic mass is 79.9. The Morgan fingerprint density at radius 1 is 1.43 bits per heavy atom. The van der Waals surface area contributed by atoms with Crippen molar-refractivity contribution in [2.75, 3.05) is 13.7 Å². The molecule has 0 amide bonds. The van der Waals surface area contributed by atoms with Crippen LogP contribution in [-0.4, -0.2) is 18.8 Å². The molecule has 0 aliphatic heterocycles. The Hall–Kier alpha value is -0.100. The van der Waals surface area contributed by atoms with Crippen LogP contribution in [0.3, 0.4) is 0 Å². The fraction of sp³-hybridized carbons (Fsp3) is 0.333. The van der Waals surface area contributed by atoms with Gasteiger partial charge in [0.25, 0.3) is 0 Å². The molecule has 0 spiro atoms. The summed E-state index contributed by atoms with van der Waals surface area (Å²) in [7, 11) is 1.59. The molecule has 1 aromatic rings. The zero-order chi connectivity index (χ0) is 10.7. The fourth-order valence-corrected chi connectivity index (χ4v) is 2.53. The van der Waals surface area contributed by atoms with Gasteiger partial charge in [0.2, 0.25) is 0 Å². The number of halogens is 2. The molecule has 3 N–H and O–H groups in total. The van der Waals surface area contributed by atoms with Crippen molar-refractivity contribution < 1.29 is 9.84 Å². The molecule has 0 saturated heterocycles. The van der Waals surface area contributed by atoms with Crippen molar-refractivity contribution in [2.24, 2.45) is 5.73 Å². The lowest BCUT2D eigenvalue weighted by Crippen LogP contribution is -2.15. The molecule has 0 unspecified atom stereocenters. The van der Waals surface area contributed by atoms with Gasteiger partial charge in [0.1, 0.15) is 5.75 Å². The van der Waals surface area contributed by atoms with E-state index in [-0.39, 0.29) is 6.61 Å². The summed E-state index contributed by atoms with van der Waals surface area (Å²) in [4.78, 5) is 0. The molecule has 1 aromatic carbocycles. The van der Waals surface area contributed by atoms with Crippen LogP contribution in [0.4, 0.5) is 0 Å². The normalized spacial score (nSPS) is 12.6. The number of aliphatic hydroxyl groups is 1. The van der Waals surface area contributed by atoms with Gasteiger partial charge in [-0.25, -0.2) is 0 Å². The summed E-state index contributed by atoms with van der Waals surface area (Å²) < 4.78 is 6.83. The third-order valence-corrected chi connectivity index (χ3v) is 3.17. The van der Waals surface area contributed by atoms with E-state index in [9.17, 15) is 0 Å². The van der Waals surface area contributed by atoms with Crippen molar-refractivity contribution in [1.29, 1.82) is 0 Å². The Labute approximate surface area is 99.5 Å². The van der Waals surface area contributed by atoms with Crippen LogP contribution in [0.1, 0.15) is 11.6 Å². The Balaban J connectivity index is 3.17. The van der Waals surface area contributed by atoms with E-state index in [0.717, 1.165) is 14.5 Å². The first-order valence-electron chi connectivity index (χ1n) is 3.99. The topological polar surface area (TPSA) is 55.5 Å². The molecule has 0 bridgehead atoms. The molecule has 0 aromatic heterocycles. The summed E-state index contributed by atoms with van der Waals surface area (Å²) in [6.45, 7) is -0.0939. The molecule has 0 fully saturated rings. The molecule has 0 aliphatic rings. The molecular weight excluding hydrogens is 314 g/mol. The molecule has 78 valence electrons. The fourth-order valence-electron chi connectivity index (χ4n) is 1.08. The number of ether oxygens (including phenoxy) is 1. The monoisotopic (exact) mass is 323 g/mol. The second kappa shape index (κ2) is 5.11. The average Bonchev–Trinajstić information content (AvgIpc) is 2.17. The van der Waals surface area contributed by atoms with Crippen molar-refractivity contribution in [1.82, 2.24) is 0 Å². The number of aliphatic hydroxyl groups excluding tert-OH is 1. The molecule has 0 radical (unpaired) electrons. The van der Waals surface area contributed by atoms with E-state index in [2.05, 4.69) is 31.9 Å². The second-order valence-corrected chi connectivity index (χ2v) is 4.51. The van der Waals surface area contributed by atoms with Gasteiger partial charge in [-0.1, -0.05) is 15.9 Å². The van der Waals surface area contributed by atoms with Gasteiger partial charge in [-0.05, 0) is 33.6 Å². The minimum Gasteiger partial charge on any atom is -0.496 e. The molecule has 5 heteroatoms. The van der Waals surface area contributed by atoms with E-state index in [4.69, 9.17) is 15.6 Å². The molecule has 0 saturated carbocycles. The van der Waals surface area contributed by atoms with Crippen LogP contribution in [-0.2, 0) is 0 Å². The van der Waals surface area contributed by atoms with Crippen LogP contribution in [0.5, 0.6) is 5.75 Å². The van der Waals surface area contributed by atoms with Gasteiger partial charge in [0, 0.05) is 4.47 Å². The van der Waals surface area contributed by atoms with Gasteiger partial charge in [-0.3, -0.25) is 0 Å². The molecular formula is C9H11Br2NO2. The number of benzene rings is 1. The van der Waals surface area contributed by atoms with Gasteiger partial charge in [0.05, 0.1) is 24.2 Å². The maximum Gasteiger partial charge on any atom is 0.133 e. The Kier molecular flexibility index (Phi) is 4.37. The molecule has 1 rings (SSSR count). The first kappa shape index (κ1) is 12.0. The van der Waals surface area contributed by atoms with Crippen molar-refractivity contribution >= 4 is 31.9 Å². The summed E-state index contributed by atoms with van der Waals surface area (Å²) in [5, 5.41) is 8.95. The SMILES string of the molecule is COc1cc([C@@H](N)CO)c(Br)cc1Br. The standard InChI is InChI=1S/C9H11Br2NO2/c1-14-9-2-5(8(12)4-13)6(10)3-7(9)11/h2-3,8,13H,4,12H2,1H3/t8-/m0/s1. The highest BCUT2D eigenvalue weighted by molar-refractivity contribution is 9.11. The van der Waals surface area contributed by atoms with Crippen LogP contribution in [0.15, 0.2) is 21.1 Å². The van der Waals surface area contributed by atoms with Gasteiger partial charge in [0.15, 0.2) is 0 Å². The van der Waals surface area contributed by atoms with Crippen LogP contribution in [0, 0.1) is 0 Å². The summed E-state index contributed by atoms with van der Waals surface area (Å²) in [6, 6.07) is 3.25. The van der Waals surface area contributed by atoms with E-state index in [1.807, 2.05) is 6.07 Å². The first-order valence-corrected chi connectivity index (χ1v) is 5.58. The average molecular weight is 325 g/mol. The Bertz CT molecular complexity index is 331. The van der Waals surface area contributed by atoms with E-state index in [0.29, 0.717) is 5.75 Å². The van der Waals surface area contributed by atoms with Crippen LogP contribution in [0.2, 0.25) is 0 Å². The summed E-state index contributed by atoms with van der Waals surface area (Å²) >= 11 is 6.73. The van der Waals surface area contributed by atoms with Crippen molar-refractivity contribution in [3.8, 4) is 5.75 Å². The smallest absolute Gasteiger partial charge is 0.133 e. The first-order chi connectivity index (χ1) is 6.60. The lowest BCUT2D eigenvalue weighted by atomic mass is 10.1. The number of nitrogens with two attached hydrogens (primary N) is 1. The van der Waals surface area contributed by atoms with Gasteiger partial charge < -0.3 is 15.6 Å². The maximum atomic E-state index is 8.95. The minimum absolute atomic E-state index is 0.0939. The lowest BCUT2D eigenvalue weighted by Gasteiger charge is -2.13. The number of hydrogen-bond donors (Lipinski definition) is 2. The highest BCUT2D eigenvalue weighted by Gasteiger charge is 2.12. The van der Waals surface area contributed by atoms with Crippen LogP contribution >= 0.6 is 31.9 Å². The van der Waals surface area contributed by atoms with Gasteiger partial charge in [-0.2, -0.15) is 0 Å². The highest BCUT2D eigenvalue weighted by Crippen LogP contribution is 2.33. The lowest BCUT2D eigenvalue weighted by molar-refractivity contribution is 0.267. The van der Waals surface area contributed by atoms with E-state index in [1.165, 1.54) is 0 Å². The largest absolute Gasteiger partial charge is 0.496 e. The van der Waals surface area contributed by atoms with Crippen LogP contribution < -0.4 is 10.5 Å². The summed E-state index contributed by atoms with van der Waals surface area (Å²) in [5.74, 6) is 0.701. The summed E-state index contributed by atoms with van der Waals surface area (Å²) in [6.07, 6.45) is 0. The number of hydrogen-bond acceptors (Lipinski definition) is 3. The molecule has 0 heterocycles. The molecule has 1 atom stereocenters. The minimum atomic E-state index is -0.397. The maximum absolute atomic E-state index is 8.95. The Morgan fingerprint density at radius 2 is 2.07 bits per heavy atom. The van der Waals surface area contributed by atoms with E-state index < -0.39 is 6.04 Å². The third-order valence-electron chi connectivity index (χ3n) is 1.87. The number of rotatable bonds is 3. The summed E-state index contributed by atoms with van der Waals surface area (Å²) in [5.41, 5.74) is 6.54.